The summed E-state index contributed by atoms with van der Waals surface area (Å²) in [4.78, 5) is 15.5. The lowest BCUT2D eigenvalue weighted by Gasteiger charge is -2.11. The van der Waals surface area contributed by atoms with Gasteiger partial charge in [0, 0.05) is 17.6 Å². The summed E-state index contributed by atoms with van der Waals surface area (Å²) in [6.45, 7) is 2.96. The van der Waals surface area contributed by atoms with Gasteiger partial charge in [0.1, 0.15) is 0 Å². The molecule has 2 aromatic rings. The summed E-state index contributed by atoms with van der Waals surface area (Å²) < 4.78 is 0. The van der Waals surface area contributed by atoms with Gasteiger partial charge in [-0.05, 0) is 50.4 Å². The standard InChI is InChI=1S/C17H22N2O3/c1-12(11-20)18-9-3-2-5-13-7-8-15(17(21)22)16-14(13)6-4-10-19-16/h4,6-8,10,12,18,20H,2-3,5,9,11H2,1H3,(H,21,22). The number of hydrogen-bond donors (Lipinski definition) is 3. The van der Waals surface area contributed by atoms with Gasteiger partial charge < -0.3 is 15.5 Å². The summed E-state index contributed by atoms with van der Waals surface area (Å²) in [5, 5.41) is 22.3. The molecule has 118 valence electrons. The summed E-state index contributed by atoms with van der Waals surface area (Å²) in [6, 6.07) is 7.41. The van der Waals surface area contributed by atoms with Crippen molar-refractivity contribution in [2.75, 3.05) is 13.2 Å². The molecule has 0 spiro atoms. The second-order valence-corrected chi connectivity index (χ2v) is 5.47. The largest absolute Gasteiger partial charge is 0.478 e. The second kappa shape index (κ2) is 7.87. The van der Waals surface area contributed by atoms with Crippen molar-refractivity contribution in [3.8, 4) is 0 Å². The highest BCUT2D eigenvalue weighted by molar-refractivity contribution is 6.02. The average Bonchev–Trinajstić information content (AvgIpc) is 2.53. The minimum Gasteiger partial charge on any atom is -0.478 e. The highest BCUT2D eigenvalue weighted by Crippen LogP contribution is 2.22. The highest BCUT2D eigenvalue weighted by Gasteiger charge is 2.11. The topological polar surface area (TPSA) is 82.5 Å². The smallest absolute Gasteiger partial charge is 0.337 e. The quantitative estimate of drug-likeness (QED) is 0.651. The minimum atomic E-state index is -0.947. The normalized spacial score (nSPS) is 12.5. The molecule has 5 heteroatoms. The van der Waals surface area contributed by atoms with Crippen molar-refractivity contribution in [1.29, 1.82) is 0 Å². The van der Waals surface area contributed by atoms with Crippen LogP contribution in [-0.2, 0) is 6.42 Å². The number of aromatic carboxylic acids is 1. The fraction of sp³-hybridized carbons (Fsp3) is 0.412. The molecule has 0 amide bonds. The zero-order valence-electron chi connectivity index (χ0n) is 12.7. The predicted octanol–water partition coefficient (Wildman–Crippen LogP) is 2.23. The Labute approximate surface area is 130 Å². The minimum absolute atomic E-state index is 0.125. The lowest BCUT2D eigenvalue weighted by molar-refractivity contribution is 0.0699. The molecular weight excluding hydrogens is 280 g/mol. The number of aryl methyl sites for hydroxylation is 1. The number of carboxylic acid groups (broad SMARTS) is 1. The molecule has 0 saturated heterocycles. The molecule has 5 nitrogen and oxygen atoms in total. The molecule has 1 aromatic heterocycles. The van der Waals surface area contributed by atoms with Crippen LogP contribution in [0.3, 0.4) is 0 Å². The number of aliphatic hydroxyl groups excluding tert-OH is 1. The third kappa shape index (κ3) is 4.02. The zero-order valence-corrected chi connectivity index (χ0v) is 12.7. The number of carboxylic acids is 1. The maximum Gasteiger partial charge on any atom is 0.337 e. The zero-order chi connectivity index (χ0) is 15.9. The number of aliphatic hydroxyl groups is 1. The van der Waals surface area contributed by atoms with Crippen LogP contribution in [-0.4, -0.2) is 40.4 Å². The number of hydrogen-bond acceptors (Lipinski definition) is 4. The van der Waals surface area contributed by atoms with Gasteiger partial charge >= 0.3 is 5.97 Å². The van der Waals surface area contributed by atoms with Gasteiger partial charge in [-0.2, -0.15) is 0 Å². The molecule has 2 rings (SSSR count). The van der Waals surface area contributed by atoms with Crippen molar-refractivity contribution >= 4 is 16.9 Å². The molecule has 1 aromatic carbocycles. The third-order valence-electron chi connectivity index (χ3n) is 3.73. The predicted molar refractivity (Wildman–Crippen MR) is 86.2 cm³/mol. The maximum absolute atomic E-state index is 11.2. The first-order chi connectivity index (χ1) is 10.6. The number of unbranched alkanes of at least 4 members (excludes halogenated alkanes) is 1. The first-order valence-electron chi connectivity index (χ1n) is 7.57. The van der Waals surface area contributed by atoms with Gasteiger partial charge in [-0.3, -0.25) is 4.98 Å². The Morgan fingerprint density at radius 3 is 2.86 bits per heavy atom. The van der Waals surface area contributed by atoms with E-state index in [2.05, 4.69) is 10.3 Å². The average molecular weight is 302 g/mol. The SMILES string of the molecule is CC(CO)NCCCCc1ccc(C(=O)O)c2ncccc12. The maximum atomic E-state index is 11.2. The Bertz CT molecular complexity index is 643. The van der Waals surface area contributed by atoms with Crippen molar-refractivity contribution in [3.05, 3.63) is 41.6 Å². The first-order valence-corrected chi connectivity index (χ1v) is 7.57. The van der Waals surface area contributed by atoms with Crippen LogP contribution < -0.4 is 5.32 Å². The van der Waals surface area contributed by atoms with Gasteiger partial charge in [-0.15, -0.1) is 0 Å². The molecule has 1 atom stereocenters. The van der Waals surface area contributed by atoms with E-state index in [1.165, 1.54) is 0 Å². The van der Waals surface area contributed by atoms with E-state index in [4.69, 9.17) is 5.11 Å². The van der Waals surface area contributed by atoms with E-state index in [0.717, 1.165) is 36.8 Å². The lowest BCUT2D eigenvalue weighted by atomic mass is 9.99. The molecule has 1 unspecified atom stereocenters. The van der Waals surface area contributed by atoms with Crippen LogP contribution in [0.5, 0.6) is 0 Å². The molecule has 0 aliphatic heterocycles. The molecule has 0 aliphatic rings. The van der Waals surface area contributed by atoms with Crippen LogP contribution in [0.15, 0.2) is 30.5 Å². The molecule has 0 bridgehead atoms. The summed E-state index contributed by atoms with van der Waals surface area (Å²) in [6.07, 6.45) is 4.52. The van der Waals surface area contributed by atoms with E-state index in [1.807, 2.05) is 25.1 Å². The number of nitrogens with zero attached hydrogens (tertiary/aromatic N) is 1. The van der Waals surface area contributed by atoms with Crippen molar-refractivity contribution < 1.29 is 15.0 Å². The van der Waals surface area contributed by atoms with Gasteiger partial charge in [-0.25, -0.2) is 4.79 Å². The van der Waals surface area contributed by atoms with Gasteiger partial charge in [0.25, 0.3) is 0 Å². The summed E-state index contributed by atoms with van der Waals surface area (Å²) in [5.74, 6) is -0.947. The molecule has 0 fully saturated rings. The monoisotopic (exact) mass is 302 g/mol. The second-order valence-electron chi connectivity index (χ2n) is 5.47. The third-order valence-corrected chi connectivity index (χ3v) is 3.73. The number of pyridine rings is 1. The lowest BCUT2D eigenvalue weighted by Crippen LogP contribution is -2.30. The van der Waals surface area contributed by atoms with Crippen molar-refractivity contribution in [2.45, 2.75) is 32.2 Å². The number of carbonyl (C=O) groups is 1. The molecule has 0 saturated carbocycles. The summed E-state index contributed by atoms with van der Waals surface area (Å²) in [7, 11) is 0. The number of nitrogens with one attached hydrogen (secondary N) is 1. The molecule has 3 N–H and O–H groups in total. The van der Waals surface area contributed by atoms with Crippen LogP contribution in [0.1, 0.15) is 35.7 Å². The number of aromatic nitrogens is 1. The molecule has 22 heavy (non-hydrogen) atoms. The van der Waals surface area contributed by atoms with Crippen LogP contribution in [0, 0.1) is 0 Å². The van der Waals surface area contributed by atoms with E-state index < -0.39 is 5.97 Å². The van der Waals surface area contributed by atoms with E-state index in [1.54, 1.807) is 12.3 Å². The molecule has 1 heterocycles. The van der Waals surface area contributed by atoms with Gasteiger partial charge in [0.05, 0.1) is 17.7 Å². The highest BCUT2D eigenvalue weighted by atomic mass is 16.4. The number of fused-ring (bicyclic) bond motifs is 1. The van der Waals surface area contributed by atoms with Gasteiger partial charge in [0.2, 0.25) is 0 Å². The van der Waals surface area contributed by atoms with Gasteiger partial charge in [-0.1, -0.05) is 12.1 Å². The van der Waals surface area contributed by atoms with Crippen LogP contribution in [0.4, 0.5) is 0 Å². The van der Waals surface area contributed by atoms with Crippen LogP contribution in [0.2, 0.25) is 0 Å². The molecule has 0 aliphatic carbocycles. The number of benzene rings is 1. The Balaban J connectivity index is 2.03. The van der Waals surface area contributed by atoms with Crippen LogP contribution >= 0.6 is 0 Å². The summed E-state index contributed by atoms with van der Waals surface area (Å²) in [5.41, 5.74) is 1.93. The van der Waals surface area contributed by atoms with E-state index in [-0.39, 0.29) is 18.2 Å². The van der Waals surface area contributed by atoms with Crippen molar-refractivity contribution in [2.24, 2.45) is 0 Å². The Hall–Kier alpha value is -1.98. The van der Waals surface area contributed by atoms with Crippen molar-refractivity contribution in [1.82, 2.24) is 10.3 Å². The molecule has 0 radical (unpaired) electrons. The van der Waals surface area contributed by atoms with E-state index in [0.29, 0.717) is 5.52 Å². The Kier molecular flexibility index (Phi) is 5.86. The van der Waals surface area contributed by atoms with E-state index in [9.17, 15) is 9.90 Å². The fourth-order valence-electron chi connectivity index (χ4n) is 2.48. The fourth-order valence-corrected chi connectivity index (χ4v) is 2.48. The Morgan fingerprint density at radius 1 is 1.32 bits per heavy atom. The molecular formula is C17H22N2O3. The Morgan fingerprint density at radius 2 is 2.14 bits per heavy atom. The number of rotatable bonds is 8. The van der Waals surface area contributed by atoms with E-state index >= 15 is 0 Å². The first kappa shape index (κ1) is 16.4. The van der Waals surface area contributed by atoms with Crippen molar-refractivity contribution in [3.63, 3.8) is 0 Å². The summed E-state index contributed by atoms with van der Waals surface area (Å²) >= 11 is 0. The van der Waals surface area contributed by atoms with Crippen LogP contribution in [0.25, 0.3) is 10.9 Å². The van der Waals surface area contributed by atoms with Gasteiger partial charge in [0.15, 0.2) is 0 Å².